The van der Waals surface area contributed by atoms with E-state index in [2.05, 4.69) is 264 Å². The first-order valence-electron chi connectivity index (χ1n) is 23.6. The van der Waals surface area contributed by atoms with Crippen LogP contribution >= 0.6 is 0 Å². The zero-order chi connectivity index (χ0) is 45.7. The molecule has 3 heteroatoms. The van der Waals surface area contributed by atoms with Crippen LogP contribution in [0.25, 0.3) is 105 Å². The summed E-state index contributed by atoms with van der Waals surface area (Å²) in [6.07, 6.45) is 0. The molecule has 2 heterocycles. The summed E-state index contributed by atoms with van der Waals surface area (Å²) in [5, 5.41) is 4.74. The molecule has 13 rings (SSSR count). The van der Waals surface area contributed by atoms with Crippen LogP contribution in [0.15, 0.2) is 271 Å². The lowest BCUT2D eigenvalue weighted by atomic mass is 9.93. The number of aromatic nitrogens is 1. The van der Waals surface area contributed by atoms with Gasteiger partial charge in [-0.05, 0) is 105 Å². The molecule has 0 bridgehead atoms. The summed E-state index contributed by atoms with van der Waals surface area (Å²) in [4.78, 5) is 2.36. The topological polar surface area (TPSA) is 21.3 Å². The average molecular weight is 881 g/mol. The van der Waals surface area contributed by atoms with Crippen LogP contribution in [0.3, 0.4) is 0 Å². The van der Waals surface area contributed by atoms with Crippen molar-refractivity contribution in [2.75, 3.05) is 4.90 Å². The molecule has 324 valence electrons. The van der Waals surface area contributed by atoms with E-state index < -0.39 is 0 Å². The summed E-state index contributed by atoms with van der Waals surface area (Å²) in [6.45, 7) is 0. The van der Waals surface area contributed by atoms with Gasteiger partial charge in [0, 0.05) is 49.7 Å². The fraction of sp³-hybridized carbons (Fsp3) is 0. The van der Waals surface area contributed by atoms with Gasteiger partial charge in [0.15, 0.2) is 0 Å². The third-order valence-electron chi connectivity index (χ3n) is 13.6. The zero-order valence-corrected chi connectivity index (χ0v) is 37.7. The number of para-hydroxylation sites is 5. The molecule has 0 N–H and O–H groups in total. The molecule has 0 atom stereocenters. The lowest BCUT2D eigenvalue weighted by molar-refractivity contribution is 0.670. The first-order valence-corrected chi connectivity index (χ1v) is 23.6. The van der Waals surface area contributed by atoms with E-state index in [-0.39, 0.29) is 0 Å². The van der Waals surface area contributed by atoms with Gasteiger partial charge in [-0.15, -0.1) is 0 Å². The van der Waals surface area contributed by atoms with Crippen molar-refractivity contribution in [1.29, 1.82) is 0 Å². The highest BCUT2D eigenvalue weighted by molar-refractivity contribution is 6.11. The minimum Gasteiger partial charge on any atom is -0.455 e. The quantitative estimate of drug-likeness (QED) is 0.144. The van der Waals surface area contributed by atoms with Crippen molar-refractivity contribution in [3.63, 3.8) is 0 Å². The molecule has 0 fully saturated rings. The summed E-state index contributed by atoms with van der Waals surface area (Å²) in [6, 6.07) is 96.0. The number of furan rings is 1. The van der Waals surface area contributed by atoms with Crippen molar-refractivity contribution in [3.05, 3.63) is 267 Å². The third kappa shape index (κ3) is 6.99. The SMILES string of the molecule is c1ccc(-c2ccccc2-c2ccc(N(c3ccc(-c4ccccc4-c4ccccc4-n4c5ccccc5c5ccccc54)cc3)c3cccc(-c4cccc5c4oc4ccccc45)c3)cc2)cc1. The predicted molar refractivity (Wildman–Crippen MR) is 290 cm³/mol. The first-order chi connectivity index (χ1) is 34.2. The van der Waals surface area contributed by atoms with Gasteiger partial charge in [0.1, 0.15) is 11.2 Å². The van der Waals surface area contributed by atoms with E-state index in [0.717, 1.165) is 66.9 Å². The molecule has 13 aromatic rings. The minimum atomic E-state index is 0.892. The Morgan fingerprint density at radius 1 is 0.275 bits per heavy atom. The molecule has 11 aromatic carbocycles. The number of hydrogen-bond acceptors (Lipinski definition) is 2. The van der Waals surface area contributed by atoms with E-state index in [9.17, 15) is 0 Å². The van der Waals surface area contributed by atoms with Crippen LogP contribution in [-0.2, 0) is 0 Å². The van der Waals surface area contributed by atoms with Gasteiger partial charge in [0.05, 0.1) is 16.7 Å². The molecular formula is C66H44N2O. The van der Waals surface area contributed by atoms with E-state index in [1.54, 1.807) is 0 Å². The minimum absolute atomic E-state index is 0.892. The Labute approximate surface area is 401 Å². The van der Waals surface area contributed by atoms with Gasteiger partial charge in [-0.2, -0.15) is 0 Å². The van der Waals surface area contributed by atoms with Gasteiger partial charge in [0.2, 0.25) is 0 Å². The molecule has 0 spiro atoms. The number of rotatable bonds is 9. The van der Waals surface area contributed by atoms with Crippen molar-refractivity contribution < 1.29 is 4.42 Å². The van der Waals surface area contributed by atoms with Crippen LogP contribution in [0, 0.1) is 0 Å². The first kappa shape index (κ1) is 40.1. The summed E-state index contributed by atoms with van der Waals surface area (Å²) in [5.74, 6) is 0. The van der Waals surface area contributed by atoms with Gasteiger partial charge < -0.3 is 13.9 Å². The lowest BCUT2D eigenvalue weighted by Gasteiger charge is -2.27. The normalized spacial score (nSPS) is 11.5. The Morgan fingerprint density at radius 2 is 0.725 bits per heavy atom. The molecule has 0 aliphatic carbocycles. The summed E-state index contributed by atoms with van der Waals surface area (Å²) in [7, 11) is 0. The standard InChI is InChI=1S/C66H44N2O/c1-2-18-45(19-3-1)52-22-4-5-23-53(52)46-36-40-49(41-37-46)67(51-21-16-20-48(44-51)55-30-17-31-61-60-29-11-15-35-65(60)69-66(55)61)50-42-38-47(39-43-50)54-24-6-7-25-56(54)57-26-8-12-32-62(57)68-63-33-13-9-27-58(63)59-28-10-14-34-64(59)68/h1-44H. The smallest absolute Gasteiger partial charge is 0.143 e. The van der Waals surface area contributed by atoms with E-state index >= 15 is 0 Å². The van der Waals surface area contributed by atoms with Gasteiger partial charge in [-0.1, -0.05) is 206 Å². The second-order valence-electron chi connectivity index (χ2n) is 17.6. The Hall–Kier alpha value is -9.18. The third-order valence-corrected chi connectivity index (χ3v) is 13.6. The van der Waals surface area contributed by atoms with Crippen molar-refractivity contribution >= 4 is 60.8 Å². The Morgan fingerprint density at radius 3 is 1.38 bits per heavy atom. The monoisotopic (exact) mass is 880 g/mol. The fourth-order valence-corrected chi connectivity index (χ4v) is 10.5. The summed E-state index contributed by atoms with van der Waals surface area (Å²) in [5.41, 5.74) is 20.1. The summed E-state index contributed by atoms with van der Waals surface area (Å²) < 4.78 is 8.97. The number of benzene rings is 11. The van der Waals surface area contributed by atoms with Crippen molar-refractivity contribution in [3.8, 4) is 61.3 Å². The van der Waals surface area contributed by atoms with Gasteiger partial charge in [-0.25, -0.2) is 0 Å². The highest BCUT2D eigenvalue weighted by Gasteiger charge is 2.20. The lowest BCUT2D eigenvalue weighted by Crippen LogP contribution is -2.10. The van der Waals surface area contributed by atoms with E-state index in [4.69, 9.17) is 4.42 Å². The van der Waals surface area contributed by atoms with E-state index in [0.29, 0.717) is 0 Å². The maximum absolute atomic E-state index is 6.55. The number of nitrogens with zero attached hydrogens (tertiary/aromatic N) is 2. The molecule has 69 heavy (non-hydrogen) atoms. The number of fused-ring (bicyclic) bond motifs is 6. The molecule has 0 saturated heterocycles. The average Bonchev–Trinajstić information content (AvgIpc) is 3.98. The largest absolute Gasteiger partial charge is 0.455 e. The van der Waals surface area contributed by atoms with Crippen LogP contribution in [0.4, 0.5) is 17.1 Å². The fourth-order valence-electron chi connectivity index (χ4n) is 10.5. The number of anilines is 3. The second-order valence-corrected chi connectivity index (χ2v) is 17.6. The van der Waals surface area contributed by atoms with Crippen LogP contribution in [0.5, 0.6) is 0 Å². The maximum Gasteiger partial charge on any atom is 0.143 e. The highest BCUT2D eigenvalue weighted by Crippen LogP contribution is 2.44. The predicted octanol–water partition coefficient (Wildman–Crippen LogP) is 18.5. The molecule has 0 amide bonds. The van der Waals surface area contributed by atoms with Crippen molar-refractivity contribution in [2.24, 2.45) is 0 Å². The van der Waals surface area contributed by atoms with Gasteiger partial charge in [0.25, 0.3) is 0 Å². The van der Waals surface area contributed by atoms with Crippen molar-refractivity contribution in [1.82, 2.24) is 4.57 Å². The highest BCUT2D eigenvalue weighted by atomic mass is 16.3. The molecule has 2 aromatic heterocycles. The van der Waals surface area contributed by atoms with Crippen LogP contribution in [-0.4, -0.2) is 4.57 Å². The van der Waals surface area contributed by atoms with Crippen LogP contribution in [0.1, 0.15) is 0 Å². The van der Waals surface area contributed by atoms with Crippen molar-refractivity contribution in [2.45, 2.75) is 0 Å². The van der Waals surface area contributed by atoms with Crippen LogP contribution in [0.2, 0.25) is 0 Å². The molecule has 0 radical (unpaired) electrons. The Kier molecular flexibility index (Phi) is 9.84. The molecule has 3 nitrogen and oxygen atoms in total. The Balaban J connectivity index is 0.925. The zero-order valence-electron chi connectivity index (χ0n) is 37.7. The summed E-state index contributed by atoms with van der Waals surface area (Å²) >= 11 is 0. The molecule has 0 unspecified atom stereocenters. The van der Waals surface area contributed by atoms with E-state index in [1.807, 2.05) is 12.1 Å². The Bertz CT molecular complexity index is 3960. The molecule has 0 aliphatic rings. The van der Waals surface area contributed by atoms with Crippen LogP contribution < -0.4 is 4.90 Å². The second kappa shape index (κ2) is 16.9. The molecule has 0 aliphatic heterocycles. The van der Waals surface area contributed by atoms with Gasteiger partial charge in [-0.3, -0.25) is 0 Å². The van der Waals surface area contributed by atoms with E-state index in [1.165, 1.54) is 55.2 Å². The van der Waals surface area contributed by atoms with Gasteiger partial charge >= 0.3 is 0 Å². The molecular weight excluding hydrogens is 837 g/mol. The number of hydrogen-bond donors (Lipinski definition) is 0. The maximum atomic E-state index is 6.55. The molecule has 0 saturated carbocycles.